The van der Waals surface area contributed by atoms with E-state index in [9.17, 15) is 19.7 Å². The lowest BCUT2D eigenvalue weighted by molar-refractivity contribution is -0.385. The van der Waals surface area contributed by atoms with Crippen molar-refractivity contribution in [2.45, 2.75) is 0 Å². The van der Waals surface area contributed by atoms with Gasteiger partial charge in [-0.3, -0.25) is 24.3 Å². The third-order valence-corrected chi connectivity index (χ3v) is 2.32. The molecule has 18 heavy (non-hydrogen) atoms. The highest BCUT2D eigenvalue weighted by Gasteiger charge is 2.21. The highest BCUT2D eigenvalue weighted by molar-refractivity contribution is 6.01. The van der Waals surface area contributed by atoms with Crippen LogP contribution in [0.15, 0.2) is 36.7 Å². The Balaban J connectivity index is 2.53. The maximum absolute atomic E-state index is 12.1. The average molecular weight is 245 g/mol. The van der Waals surface area contributed by atoms with Crippen LogP contribution in [0.4, 0.5) is 5.69 Å². The zero-order valence-corrected chi connectivity index (χ0v) is 9.02. The molecule has 0 amide bonds. The second-order valence-electron chi connectivity index (χ2n) is 3.35. The number of nitro benzene ring substituents is 1. The fraction of sp³-hybridized carbons (Fsp3) is 0. The van der Waals surface area contributed by atoms with Crippen molar-refractivity contribution in [1.29, 1.82) is 0 Å². The summed E-state index contributed by atoms with van der Waals surface area (Å²) in [7, 11) is 0. The summed E-state index contributed by atoms with van der Waals surface area (Å²) in [6, 6.07) is 5.53. The summed E-state index contributed by atoms with van der Waals surface area (Å²) in [5.74, 6) is -0.764. The Morgan fingerprint density at radius 2 is 2.11 bits per heavy atom. The molecule has 0 spiro atoms. The molecule has 2 aromatic rings. The molecule has 0 N–H and O–H groups in total. The van der Waals surface area contributed by atoms with Gasteiger partial charge in [-0.05, 0) is 6.07 Å². The summed E-state index contributed by atoms with van der Waals surface area (Å²) >= 11 is 0. The molecule has 0 fully saturated rings. The number of carbonyl (C=O) groups excluding carboxylic acids is 2. The number of imidazole rings is 1. The molecule has 0 atom stereocenters. The van der Waals surface area contributed by atoms with Crippen LogP contribution < -0.4 is 0 Å². The molecule has 0 aliphatic rings. The van der Waals surface area contributed by atoms with E-state index in [-0.39, 0.29) is 17.1 Å². The molecule has 0 aliphatic heterocycles. The summed E-state index contributed by atoms with van der Waals surface area (Å²) in [4.78, 5) is 36.6. The van der Waals surface area contributed by atoms with Gasteiger partial charge in [0.05, 0.1) is 4.92 Å². The first kappa shape index (κ1) is 11.6. The molecule has 0 saturated carbocycles. The molecule has 0 unspecified atom stereocenters. The Hall–Kier alpha value is -2.83. The fourth-order valence-corrected chi connectivity index (χ4v) is 1.52. The van der Waals surface area contributed by atoms with Crippen molar-refractivity contribution in [2.24, 2.45) is 0 Å². The van der Waals surface area contributed by atoms with Crippen molar-refractivity contribution in [3.8, 4) is 0 Å². The number of rotatable bonds is 3. The summed E-state index contributed by atoms with van der Waals surface area (Å²) in [6.45, 7) is 0. The molecule has 7 nitrogen and oxygen atoms in total. The van der Waals surface area contributed by atoms with Crippen molar-refractivity contribution in [3.05, 3.63) is 58.2 Å². The van der Waals surface area contributed by atoms with Gasteiger partial charge >= 0.3 is 0 Å². The third kappa shape index (κ3) is 1.88. The van der Waals surface area contributed by atoms with E-state index in [1.807, 2.05) is 0 Å². The predicted octanol–water partition coefficient (Wildman–Crippen LogP) is 1.29. The van der Waals surface area contributed by atoms with Crippen LogP contribution in [-0.4, -0.2) is 26.7 Å². The minimum atomic E-state index is -0.665. The number of hydrogen-bond acceptors (Lipinski definition) is 5. The van der Waals surface area contributed by atoms with Crippen molar-refractivity contribution in [2.75, 3.05) is 0 Å². The first-order valence-corrected chi connectivity index (χ1v) is 4.92. The number of benzene rings is 1. The Morgan fingerprint density at radius 1 is 1.39 bits per heavy atom. The third-order valence-electron chi connectivity index (χ3n) is 2.32. The zero-order valence-electron chi connectivity index (χ0n) is 9.02. The van der Waals surface area contributed by atoms with Gasteiger partial charge in [0, 0.05) is 18.5 Å². The van der Waals surface area contributed by atoms with Gasteiger partial charge in [0.2, 0.25) is 0 Å². The number of nitrogens with zero attached hydrogens (tertiary/aromatic N) is 3. The van der Waals surface area contributed by atoms with E-state index in [2.05, 4.69) is 4.98 Å². The lowest BCUT2D eigenvalue weighted by atomic mass is 10.1. The summed E-state index contributed by atoms with van der Waals surface area (Å²) in [5.41, 5.74) is -0.406. The number of nitro groups is 1. The molecule has 1 heterocycles. The molecule has 90 valence electrons. The average Bonchev–Trinajstić information content (AvgIpc) is 2.86. The molecule has 0 aliphatic carbocycles. The van der Waals surface area contributed by atoms with Crippen LogP contribution in [0.2, 0.25) is 0 Å². The van der Waals surface area contributed by atoms with E-state index in [4.69, 9.17) is 0 Å². The lowest BCUT2D eigenvalue weighted by Crippen LogP contribution is -2.15. The topological polar surface area (TPSA) is 95.1 Å². The van der Waals surface area contributed by atoms with Gasteiger partial charge in [-0.15, -0.1) is 0 Å². The van der Waals surface area contributed by atoms with Gasteiger partial charge < -0.3 is 0 Å². The fourth-order valence-electron chi connectivity index (χ4n) is 1.52. The molecule has 0 bridgehead atoms. The van der Waals surface area contributed by atoms with Gasteiger partial charge in [0.15, 0.2) is 12.1 Å². The quantitative estimate of drug-likeness (QED) is 0.461. The second-order valence-corrected chi connectivity index (χ2v) is 3.35. The smallest absolute Gasteiger partial charge is 0.282 e. The first-order chi connectivity index (χ1) is 8.65. The number of carbonyl (C=O) groups is 2. The van der Waals surface area contributed by atoms with Crippen molar-refractivity contribution in [1.82, 2.24) is 9.55 Å². The largest absolute Gasteiger partial charge is 0.294 e. The van der Waals surface area contributed by atoms with Gasteiger partial charge in [-0.25, -0.2) is 4.98 Å². The molecule has 1 aromatic heterocycles. The summed E-state index contributed by atoms with van der Waals surface area (Å²) in [5, 5.41) is 10.8. The zero-order chi connectivity index (χ0) is 13.1. The highest BCUT2D eigenvalue weighted by Crippen LogP contribution is 2.19. The van der Waals surface area contributed by atoms with Crippen molar-refractivity contribution < 1.29 is 14.5 Å². The molecule has 0 radical (unpaired) electrons. The van der Waals surface area contributed by atoms with E-state index in [1.165, 1.54) is 36.7 Å². The molecule has 7 heteroatoms. The first-order valence-electron chi connectivity index (χ1n) is 4.92. The molecular weight excluding hydrogens is 238 g/mol. The molecule has 1 aromatic carbocycles. The van der Waals surface area contributed by atoms with Crippen LogP contribution in [0.3, 0.4) is 0 Å². The maximum atomic E-state index is 12.1. The van der Waals surface area contributed by atoms with Crippen LogP contribution in [0, 0.1) is 10.1 Å². The van der Waals surface area contributed by atoms with Crippen LogP contribution in [-0.2, 0) is 0 Å². The van der Waals surface area contributed by atoms with Crippen molar-refractivity contribution >= 4 is 17.9 Å². The summed E-state index contributed by atoms with van der Waals surface area (Å²) in [6.07, 6.45) is 2.96. The number of para-hydroxylation sites is 1. The van der Waals surface area contributed by atoms with Crippen LogP contribution in [0.5, 0.6) is 0 Å². The van der Waals surface area contributed by atoms with E-state index in [0.29, 0.717) is 6.29 Å². The van der Waals surface area contributed by atoms with E-state index < -0.39 is 10.8 Å². The molecular formula is C11H7N3O4. The van der Waals surface area contributed by atoms with Crippen LogP contribution >= 0.6 is 0 Å². The number of aldehydes is 1. The summed E-state index contributed by atoms with van der Waals surface area (Å²) < 4.78 is 0.968. The van der Waals surface area contributed by atoms with Crippen molar-refractivity contribution in [3.63, 3.8) is 0 Å². The Kier molecular flexibility index (Phi) is 2.96. The van der Waals surface area contributed by atoms with Gasteiger partial charge in [0.1, 0.15) is 5.56 Å². The number of hydrogen-bond donors (Lipinski definition) is 0. The normalized spacial score (nSPS) is 10.0. The minimum absolute atomic E-state index is 0.0939. The second kappa shape index (κ2) is 4.58. The minimum Gasteiger partial charge on any atom is -0.294 e. The van der Waals surface area contributed by atoms with Gasteiger partial charge in [0.25, 0.3) is 11.6 Å². The van der Waals surface area contributed by atoms with E-state index in [0.717, 1.165) is 4.57 Å². The number of aromatic nitrogens is 2. The SMILES string of the molecule is O=Cc1nccn1C(=O)c1ccccc1[N+](=O)[O-]. The maximum Gasteiger partial charge on any atom is 0.282 e. The Morgan fingerprint density at radius 3 is 2.78 bits per heavy atom. The van der Waals surface area contributed by atoms with Crippen LogP contribution in [0.25, 0.3) is 0 Å². The highest BCUT2D eigenvalue weighted by atomic mass is 16.6. The van der Waals surface area contributed by atoms with E-state index in [1.54, 1.807) is 0 Å². The monoisotopic (exact) mass is 245 g/mol. The standard InChI is InChI=1S/C11H7N3O4/c15-7-10-12-5-6-13(10)11(16)8-3-1-2-4-9(8)14(17)18/h1-7H. The predicted molar refractivity (Wildman–Crippen MR) is 60.4 cm³/mol. The molecule has 2 rings (SSSR count). The Labute approximate surface area is 101 Å². The van der Waals surface area contributed by atoms with Gasteiger partial charge in [-0.2, -0.15) is 0 Å². The van der Waals surface area contributed by atoms with E-state index >= 15 is 0 Å². The van der Waals surface area contributed by atoms with Gasteiger partial charge in [-0.1, -0.05) is 12.1 Å². The Bertz CT molecular complexity index is 633. The molecule has 0 saturated heterocycles. The lowest BCUT2D eigenvalue weighted by Gasteiger charge is -2.03. The van der Waals surface area contributed by atoms with Crippen LogP contribution in [0.1, 0.15) is 21.0 Å².